The van der Waals surface area contributed by atoms with Gasteiger partial charge in [0.05, 0.1) is 17.7 Å². The summed E-state index contributed by atoms with van der Waals surface area (Å²) in [6.07, 6.45) is -0.487. The molecule has 0 saturated heterocycles. The van der Waals surface area contributed by atoms with Crippen LogP contribution in [0.5, 0.6) is 0 Å². The summed E-state index contributed by atoms with van der Waals surface area (Å²) in [5.74, 6) is 0. The number of hydrogen-bond donors (Lipinski definition) is 1. The van der Waals surface area contributed by atoms with Gasteiger partial charge in [-0.3, -0.25) is 0 Å². The molecule has 1 rings (SSSR count). The molecule has 0 radical (unpaired) electrons. The predicted molar refractivity (Wildman–Crippen MR) is 62.8 cm³/mol. The lowest BCUT2D eigenvalue weighted by atomic mass is 10.1. The number of hydrogen-bond acceptors (Lipinski definition) is 3. The van der Waals surface area contributed by atoms with E-state index in [0.29, 0.717) is 10.8 Å². The van der Waals surface area contributed by atoms with Gasteiger partial charge in [-0.15, -0.1) is 11.8 Å². The molecule has 0 aromatic heterocycles. The van der Waals surface area contributed by atoms with Crippen LogP contribution in [0.1, 0.15) is 38.0 Å². The van der Waals surface area contributed by atoms with Crippen molar-refractivity contribution in [2.45, 2.75) is 37.0 Å². The zero-order valence-electron chi connectivity index (χ0n) is 9.19. The van der Waals surface area contributed by atoms with Crippen LogP contribution in [0, 0.1) is 11.3 Å². The highest BCUT2D eigenvalue weighted by molar-refractivity contribution is 8.00. The lowest BCUT2D eigenvalue weighted by molar-refractivity contribution is 0.196. The standard InChI is InChI=1S/C12H15NOS/c1-8(2)15-12-6-10(7-13)4-5-11(12)9(3)14/h4-6,8-9,14H,1-3H3. The van der Waals surface area contributed by atoms with Crippen molar-refractivity contribution in [1.82, 2.24) is 0 Å². The second-order valence-corrected chi connectivity index (χ2v) is 5.33. The first kappa shape index (κ1) is 12.1. The summed E-state index contributed by atoms with van der Waals surface area (Å²) in [6.45, 7) is 5.93. The molecule has 0 saturated carbocycles. The molecule has 1 N–H and O–H groups in total. The molecule has 0 fully saturated rings. The van der Waals surface area contributed by atoms with Crippen molar-refractivity contribution in [3.8, 4) is 6.07 Å². The van der Waals surface area contributed by atoms with E-state index >= 15 is 0 Å². The zero-order valence-corrected chi connectivity index (χ0v) is 10.0. The number of nitriles is 1. The molecule has 15 heavy (non-hydrogen) atoms. The van der Waals surface area contributed by atoms with Gasteiger partial charge in [0.2, 0.25) is 0 Å². The molecule has 1 aromatic rings. The Hall–Kier alpha value is -0.980. The smallest absolute Gasteiger partial charge is 0.0992 e. The van der Waals surface area contributed by atoms with Crippen molar-refractivity contribution in [3.05, 3.63) is 29.3 Å². The molecule has 1 aromatic carbocycles. The van der Waals surface area contributed by atoms with Crippen molar-refractivity contribution in [2.75, 3.05) is 0 Å². The fraction of sp³-hybridized carbons (Fsp3) is 0.417. The van der Waals surface area contributed by atoms with Gasteiger partial charge in [-0.05, 0) is 24.6 Å². The fourth-order valence-corrected chi connectivity index (χ4v) is 2.38. The van der Waals surface area contributed by atoms with Crippen LogP contribution >= 0.6 is 11.8 Å². The highest BCUT2D eigenvalue weighted by atomic mass is 32.2. The second kappa shape index (κ2) is 5.20. The maximum Gasteiger partial charge on any atom is 0.0992 e. The zero-order chi connectivity index (χ0) is 11.4. The Kier molecular flexibility index (Phi) is 4.19. The van der Waals surface area contributed by atoms with E-state index in [4.69, 9.17) is 5.26 Å². The summed E-state index contributed by atoms with van der Waals surface area (Å²) in [5.41, 5.74) is 1.54. The van der Waals surface area contributed by atoms with E-state index in [9.17, 15) is 5.11 Å². The third kappa shape index (κ3) is 3.26. The first-order valence-electron chi connectivity index (χ1n) is 4.93. The molecule has 0 heterocycles. The number of nitrogens with zero attached hydrogens (tertiary/aromatic N) is 1. The van der Waals surface area contributed by atoms with Gasteiger partial charge in [0, 0.05) is 10.1 Å². The highest BCUT2D eigenvalue weighted by Crippen LogP contribution is 2.31. The molecule has 1 unspecified atom stereocenters. The molecule has 0 amide bonds. The van der Waals surface area contributed by atoms with Gasteiger partial charge in [-0.2, -0.15) is 5.26 Å². The molecular weight excluding hydrogens is 206 g/mol. The molecule has 0 bridgehead atoms. The number of benzene rings is 1. The predicted octanol–water partition coefficient (Wildman–Crippen LogP) is 3.11. The third-order valence-electron chi connectivity index (χ3n) is 1.96. The highest BCUT2D eigenvalue weighted by Gasteiger charge is 2.10. The first-order chi connectivity index (χ1) is 7.04. The summed E-state index contributed by atoms with van der Waals surface area (Å²) in [7, 11) is 0. The van der Waals surface area contributed by atoms with Crippen LogP contribution in [0.2, 0.25) is 0 Å². The van der Waals surface area contributed by atoms with Gasteiger partial charge in [-0.1, -0.05) is 19.9 Å². The Bertz CT molecular complexity index is 380. The topological polar surface area (TPSA) is 44.0 Å². The average molecular weight is 221 g/mol. The van der Waals surface area contributed by atoms with Gasteiger partial charge in [0.15, 0.2) is 0 Å². The molecule has 3 heteroatoms. The Morgan fingerprint density at radius 3 is 2.47 bits per heavy atom. The summed E-state index contributed by atoms with van der Waals surface area (Å²) in [4.78, 5) is 0.999. The molecule has 0 aliphatic carbocycles. The normalized spacial score (nSPS) is 12.5. The van der Waals surface area contributed by atoms with Crippen molar-refractivity contribution >= 4 is 11.8 Å². The molecule has 1 atom stereocenters. The van der Waals surface area contributed by atoms with Crippen molar-refractivity contribution in [2.24, 2.45) is 0 Å². The summed E-state index contributed by atoms with van der Waals surface area (Å²) in [5, 5.41) is 18.8. The van der Waals surface area contributed by atoms with Crippen molar-refractivity contribution in [1.29, 1.82) is 5.26 Å². The van der Waals surface area contributed by atoms with E-state index < -0.39 is 6.10 Å². The van der Waals surface area contributed by atoms with E-state index in [1.165, 1.54) is 0 Å². The summed E-state index contributed by atoms with van der Waals surface area (Å²) in [6, 6.07) is 7.52. The van der Waals surface area contributed by atoms with Crippen LogP contribution in [-0.2, 0) is 0 Å². The van der Waals surface area contributed by atoms with Gasteiger partial charge in [0.1, 0.15) is 0 Å². The minimum atomic E-state index is -0.487. The first-order valence-corrected chi connectivity index (χ1v) is 5.81. The lowest BCUT2D eigenvalue weighted by Gasteiger charge is -2.13. The van der Waals surface area contributed by atoms with Crippen LogP contribution < -0.4 is 0 Å². The van der Waals surface area contributed by atoms with Crippen molar-refractivity contribution < 1.29 is 5.11 Å². The fourth-order valence-electron chi connectivity index (χ4n) is 1.31. The number of thioether (sulfide) groups is 1. The van der Waals surface area contributed by atoms with E-state index in [1.807, 2.05) is 12.1 Å². The number of rotatable bonds is 3. The van der Waals surface area contributed by atoms with E-state index in [2.05, 4.69) is 19.9 Å². The quantitative estimate of drug-likeness (QED) is 0.797. The summed E-state index contributed by atoms with van der Waals surface area (Å²) < 4.78 is 0. The third-order valence-corrected chi connectivity index (χ3v) is 3.03. The SMILES string of the molecule is CC(C)Sc1cc(C#N)ccc1C(C)O. The lowest BCUT2D eigenvalue weighted by Crippen LogP contribution is -1.97. The van der Waals surface area contributed by atoms with E-state index in [0.717, 1.165) is 10.5 Å². The van der Waals surface area contributed by atoms with Crippen molar-refractivity contribution in [3.63, 3.8) is 0 Å². The second-order valence-electron chi connectivity index (χ2n) is 3.71. The minimum absolute atomic E-state index is 0.441. The summed E-state index contributed by atoms with van der Waals surface area (Å²) >= 11 is 1.67. The average Bonchev–Trinajstić information content (AvgIpc) is 2.16. The van der Waals surface area contributed by atoms with Gasteiger partial charge < -0.3 is 5.11 Å². The molecule has 0 aliphatic heterocycles. The molecule has 0 spiro atoms. The van der Waals surface area contributed by atoms with E-state index in [-0.39, 0.29) is 0 Å². The maximum absolute atomic E-state index is 9.58. The van der Waals surface area contributed by atoms with Crippen LogP contribution in [0.4, 0.5) is 0 Å². The monoisotopic (exact) mass is 221 g/mol. The maximum atomic E-state index is 9.58. The minimum Gasteiger partial charge on any atom is -0.389 e. The molecule has 2 nitrogen and oxygen atoms in total. The molecule has 0 aliphatic rings. The molecular formula is C12H15NOS. The Balaban J connectivity index is 3.12. The van der Waals surface area contributed by atoms with Gasteiger partial charge in [0.25, 0.3) is 0 Å². The van der Waals surface area contributed by atoms with E-state index in [1.54, 1.807) is 24.8 Å². The van der Waals surface area contributed by atoms with Crippen LogP contribution in [0.25, 0.3) is 0 Å². The number of aliphatic hydroxyl groups is 1. The molecule has 80 valence electrons. The van der Waals surface area contributed by atoms with Gasteiger partial charge >= 0.3 is 0 Å². The Morgan fingerprint density at radius 1 is 1.33 bits per heavy atom. The Labute approximate surface area is 94.9 Å². The number of aliphatic hydroxyl groups excluding tert-OH is 1. The van der Waals surface area contributed by atoms with Crippen LogP contribution in [0.15, 0.2) is 23.1 Å². The largest absolute Gasteiger partial charge is 0.389 e. The Morgan fingerprint density at radius 2 is 2.00 bits per heavy atom. The van der Waals surface area contributed by atoms with Crippen LogP contribution in [-0.4, -0.2) is 10.4 Å². The van der Waals surface area contributed by atoms with Crippen LogP contribution in [0.3, 0.4) is 0 Å². The van der Waals surface area contributed by atoms with Gasteiger partial charge in [-0.25, -0.2) is 0 Å².